The lowest BCUT2D eigenvalue weighted by molar-refractivity contribution is 0.0854. The van der Waals surface area contributed by atoms with E-state index in [1.54, 1.807) is 18.2 Å². The van der Waals surface area contributed by atoms with Crippen LogP contribution in [0.15, 0.2) is 23.0 Å². The molecule has 1 aromatic heterocycles. The predicted molar refractivity (Wildman–Crippen MR) is 76.4 cm³/mol. The largest absolute Gasteiger partial charge is 0.399 e. The van der Waals surface area contributed by atoms with Gasteiger partial charge in [0.25, 0.3) is 5.56 Å². The lowest BCUT2D eigenvalue weighted by Gasteiger charge is -2.12. The van der Waals surface area contributed by atoms with E-state index in [1.807, 2.05) is 13.8 Å². The SMILES string of the molecule is CCOC(C)CNc1nc2ccc(N)cc2c(=O)[nH]1. The minimum absolute atomic E-state index is 0.0532. The van der Waals surface area contributed by atoms with Gasteiger partial charge in [-0.05, 0) is 32.0 Å². The summed E-state index contributed by atoms with van der Waals surface area (Å²) in [5, 5.41) is 3.54. The molecule has 1 atom stereocenters. The number of anilines is 2. The van der Waals surface area contributed by atoms with Crippen molar-refractivity contribution in [1.82, 2.24) is 9.97 Å². The molecule has 0 aliphatic heterocycles. The fourth-order valence-corrected chi connectivity index (χ4v) is 1.82. The Morgan fingerprint density at radius 3 is 3.05 bits per heavy atom. The highest BCUT2D eigenvalue weighted by atomic mass is 16.5. The fraction of sp³-hybridized carbons (Fsp3) is 0.385. The van der Waals surface area contributed by atoms with Crippen molar-refractivity contribution in [2.75, 3.05) is 24.2 Å². The Hall–Kier alpha value is -2.08. The van der Waals surface area contributed by atoms with Gasteiger partial charge >= 0.3 is 0 Å². The highest BCUT2D eigenvalue weighted by molar-refractivity contribution is 5.81. The Kier molecular flexibility index (Phi) is 4.01. The monoisotopic (exact) mass is 262 g/mol. The zero-order valence-electron chi connectivity index (χ0n) is 11.1. The second-order valence-corrected chi connectivity index (χ2v) is 4.34. The molecular weight excluding hydrogens is 244 g/mol. The van der Waals surface area contributed by atoms with Gasteiger partial charge in [0.05, 0.1) is 17.0 Å². The molecule has 19 heavy (non-hydrogen) atoms. The van der Waals surface area contributed by atoms with Gasteiger partial charge in [0.15, 0.2) is 0 Å². The highest BCUT2D eigenvalue weighted by Crippen LogP contribution is 2.12. The average molecular weight is 262 g/mol. The van der Waals surface area contributed by atoms with Crippen LogP contribution in [0.4, 0.5) is 11.6 Å². The van der Waals surface area contributed by atoms with Gasteiger partial charge in [0.1, 0.15) is 0 Å². The molecule has 1 heterocycles. The van der Waals surface area contributed by atoms with E-state index in [9.17, 15) is 4.79 Å². The Morgan fingerprint density at radius 2 is 2.32 bits per heavy atom. The number of aromatic nitrogens is 2. The normalized spacial score (nSPS) is 12.5. The van der Waals surface area contributed by atoms with Crippen LogP contribution in [0.3, 0.4) is 0 Å². The molecule has 0 fully saturated rings. The highest BCUT2D eigenvalue weighted by Gasteiger charge is 2.06. The molecule has 0 saturated heterocycles. The molecule has 6 nitrogen and oxygen atoms in total. The first-order chi connectivity index (χ1) is 9.10. The van der Waals surface area contributed by atoms with Crippen molar-refractivity contribution >= 4 is 22.5 Å². The number of nitrogens with one attached hydrogen (secondary N) is 2. The number of benzene rings is 1. The van der Waals surface area contributed by atoms with Crippen molar-refractivity contribution in [2.24, 2.45) is 0 Å². The Morgan fingerprint density at radius 1 is 1.53 bits per heavy atom. The smallest absolute Gasteiger partial charge is 0.260 e. The fourth-order valence-electron chi connectivity index (χ4n) is 1.82. The Labute approximate surface area is 111 Å². The summed E-state index contributed by atoms with van der Waals surface area (Å²) in [6.45, 7) is 5.13. The molecule has 4 N–H and O–H groups in total. The minimum Gasteiger partial charge on any atom is -0.399 e. The van der Waals surface area contributed by atoms with Crippen molar-refractivity contribution in [2.45, 2.75) is 20.0 Å². The standard InChI is InChI=1S/C13H18N4O2/c1-3-19-8(2)7-15-13-16-11-5-4-9(14)6-10(11)12(18)17-13/h4-6,8H,3,7,14H2,1-2H3,(H2,15,16,17,18). The maximum absolute atomic E-state index is 11.9. The summed E-state index contributed by atoms with van der Waals surface area (Å²) in [4.78, 5) is 18.9. The van der Waals surface area contributed by atoms with E-state index < -0.39 is 0 Å². The number of hydrogen-bond acceptors (Lipinski definition) is 5. The Balaban J connectivity index is 2.21. The third-order valence-corrected chi connectivity index (χ3v) is 2.74. The summed E-state index contributed by atoms with van der Waals surface area (Å²) in [5.41, 5.74) is 6.61. The molecule has 0 radical (unpaired) electrons. The molecule has 0 aliphatic rings. The van der Waals surface area contributed by atoms with Gasteiger partial charge in [-0.25, -0.2) is 4.98 Å². The number of ether oxygens (including phenoxy) is 1. The molecule has 1 unspecified atom stereocenters. The van der Waals surface area contributed by atoms with Crippen molar-refractivity contribution in [3.63, 3.8) is 0 Å². The van der Waals surface area contributed by atoms with Crippen molar-refractivity contribution in [3.8, 4) is 0 Å². The van der Waals surface area contributed by atoms with E-state index in [4.69, 9.17) is 10.5 Å². The summed E-state index contributed by atoms with van der Waals surface area (Å²) < 4.78 is 5.40. The number of nitrogens with two attached hydrogens (primary N) is 1. The van der Waals surface area contributed by atoms with Crippen LogP contribution in [0.5, 0.6) is 0 Å². The molecule has 102 valence electrons. The van der Waals surface area contributed by atoms with Crippen LogP contribution >= 0.6 is 0 Å². The number of aromatic amines is 1. The number of fused-ring (bicyclic) bond motifs is 1. The van der Waals surface area contributed by atoms with E-state index in [1.165, 1.54) is 0 Å². The molecule has 0 saturated carbocycles. The average Bonchev–Trinajstić information content (AvgIpc) is 2.38. The van der Waals surface area contributed by atoms with Crippen molar-refractivity contribution in [1.29, 1.82) is 0 Å². The summed E-state index contributed by atoms with van der Waals surface area (Å²) >= 11 is 0. The first-order valence-electron chi connectivity index (χ1n) is 6.25. The number of H-pyrrole nitrogens is 1. The van der Waals surface area contributed by atoms with Gasteiger partial charge in [-0.3, -0.25) is 9.78 Å². The van der Waals surface area contributed by atoms with Crippen LogP contribution < -0.4 is 16.6 Å². The summed E-state index contributed by atoms with van der Waals surface area (Å²) in [6.07, 6.45) is 0.0532. The summed E-state index contributed by atoms with van der Waals surface area (Å²) in [5.74, 6) is 0.439. The molecule has 0 aliphatic carbocycles. The van der Waals surface area contributed by atoms with E-state index in [0.717, 1.165) is 0 Å². The molecule has 1 aromatic carbocycles. The van der Waals surface area contributed by atoms with E-state index in [2.05, 4.69) is 15.3 Å². The first-order valence-corrected chi connectivity index (χ1v) is 6.25. The van der Waals surface area contributed by atoms with Crippen LogP contribution in [0.2, 0.25) is 0 Å². The van der Waals surface area contributed by atoms with Crippen LogP contribution in [0, 0.1) is 0 Å². The molecule has 6 heteroatoms. The second-order valence-electron chi connectivity index (χ2n) is 4.34. The quantitative estimate of drug-likeness (QED) is 0.707. The van der Waals surface area contributed by atoms with Crippen LogP contribution in [0.25, 0.3) is 10.9 Å². The van der Waals surface area contributed by atoms with Crippen molar-refractivity contribution < 1.29 is 4.74 Å². The number of rotatable bonds is 5. The lowest BCUT2D eigenvalue weighted by Crippen LogP contribution is -2.22. The van der Waals surface area contributed by atoms with Gasteiger partial charge in [0.2, 0.25) is 5.95 Å². The van der Waals surface area contributed by atoms with Gasteiger partial charge < -0.3 is 15.8 Å². The topological polar surface area (TPSA) is 93.0 Å². The summed E-state index contributed by atoms with van der Waals surface area (Å²) in [6, 6.07) is 5.08. The minimum atomic E-state index is -0.205. The van der Waals surface area contributed by atoms with Gasteiger partial charge in [-0.15, -0.1) is 0 Å². The number of nitrogen functional groups attached to an aromatic ring is 1. The zero-order valence-corrected chi connectivity index (χ0v) is 11.1. The predicted octanol–water partition coefficient (Wildman–Crippen LogP) is 1.34. The molecular formula is C13H18N4O2. The maximum atomic E-state index is 11.9. The second kappa shape index (κ2) is 5.71. The molecule has 0 bridgehead atoms. The zero-order chi connectivity index (χ0) is 13.8. The molecule has 0 spiro atoms. The van der Waals surface area contributed by atoms with Crippen LogP contribution in [-0.2, 0) is 4.74 Å². The number of nitrogens with zero attached hydrogens (tertiary/aromatic N) is 1. The third-order valence-electron chi connectivity index (χ3n) is 2.74. The van der Waals surface area contributed by atoms with E-state index in [-0.39, 0.29) is 11.7 Å². The molecule has 2 aromatic rings. The van der Waals surface area contributed by atoms with Gasteiger partial charge in [-0.2, -0.15) is 0 Å². The first kappa shape index (κ1) is 13.4. The summed E-state index contributed by atoms with van der Waals surface area (Å²) in [7, 11) is 0. The molecule has 2 rings (SSSR count). The molecule has 0 amide bonds. The van der Waals surface area contributed by atoms with Gasteiger partial charge in [-0.1, -0.05) is 0 Å². The number of hydrogen-bond donors (Lipinski definition) is 3. The van der Waals surface area contributed by atoms with Crippen molar-refractivity contribution in [3.05, 3.63) is 28.6 Å². The van der Waals surface area contributed by atoms with E-state index in [0.29, 0.717) is 35.7 Å². The lowest BCUT2D eigenvalue weighted by atomic mass is 10.2. The Bertz CT molecular complexity index is 624. The van der Waals surface area contributed by atoms with Gasteiger partial charge in [0, 0.05) is 18.8 Å². The van der Waals surface area contributed by atoms with E-state index >= 15 is 0 Å². The maximum Gasteiger partial charge on any atom is 0.260 e. The third kappa shape index (κ3) is 3.23. The van der Waals surface area contributed by atoms with Crippen LogP contribution in [0.1, 0.15) is 13.8 Å². The van der Waals surface area contributed by atoms with Crippen LogP contribution in [-0.4, -0.2) is 29.2 Å².